The van der Waals surface area contributed by atoms with Crippen molar-refractivity contribution >= 4 is 27.5 Å². The van der Waals surface area contributed by atoms with Crippen molar-refractivity contribution in [2.75, 3.05) is 26.9 Å². The topological polar surface area (TPSA) is 93.7 Å². The fourth-order valence-corrected chi connectivity index (χ4v) is 3.72. The number of hydrogen-bond acceptors (Lipinski definition) is 5. The summed E-state index contributed by atoms with van der Waals surface area (Å²) in [6.45, 7) is 2.03. The highest BCUT2D eigenvalue weighted by molar-refractivity contribution is 7.89. The van der Waals surface area contributed by atoms with Crippen molar-refractivity contribution in [1.29, 1.82) is 0 Å². The van der Waals surface area contributed by atoms with Gasteiger partial charge in [-0.3, -0.25) is 4.79 Å². The number of sulfonamides is 1. The average Bonchev–Trinajstić information content (AvgIpc) is 2.67. The number of benzene rings is 2. The minimum atomic E-state index is -3.70. The van der Waals surface area contributed by atoms with Gasteiger partial charge < -0.3 is 14.8 Å². The molecule has 9 heteroatoms. The minimum absolute atomic E-state index is 0.00287. The molecule has 152 valence electrons. The lowest BCUT2D eigenvalue weighted by Gasteiger charge is -2.15. The molecule has 28 heavy (non-hydrogen) atoms. The number of carbonyl (C=O) groups is 1. The SMILES string of the molecule is COCCNS(=O)(=O)c1ccc(OCC(=O)N[C@@H](C)c2ccccc2)c(Cl)c1. The quantitative estimate of drug-likeness (QED) is 0.569. The van der Waals surface area contributed by atoms with Gasteiger partial charge in [-0.15, -0.1) is 0 Å². The number of carbonyl (C=O) groups excluding carboxylic acids is 1. The van der Waals surface area contributed by atoms with E-state index in [1.54, 1.807) is 0 Å². The molecule has 0 radical (unpaired) electrons. The number of rotatable bonds is 10. The van der Waals surface area contributed by atoms with Crippen LogP contribution in [0, 0.1) is 0 Å². The standard InChI is InChI=1S/C19H23ClN2O5S/c1-14(15-6-4-3-5-7-15)22-19(23)13-27-18-9-8-16(12-17(18)20)28(24,25)21-10-11-26-2/h3-9,12,14,21H,10-11,13H2,1-2H3,(H,22,23)/t14-/m0/s1. The van der Waals surface area contributed by atoms with Gasteiger partial charge in [0.05, 0.1) is 22.6 Å². The first kappa shape index (κ1) is 22.2. The van der Waals surface area contributed by atoms with Gasteiger partial charge in [0.1, 0.15) is 5.75 Å². The summed E-state index contributed by atoms with van der Waals surface area (Å²) in [7, 11) is -2.22. The zero-order valence-corrected chi connectivity index (χ0v) is 17.2. The molecule has 1 atom stereocenters. The van der Waals surface area contributed by atoms with Gasteiger partial charge in [-0.2, -0.15) is 0 Å². The van der Waals surface area contributed by atoms with Crippen LogP contribution in [0.4, 0.5) is 0 Å². The lowest BCUT2D eigenvalue weighted by molar-refractivity contribution is -0.123. The minimum Gasteiger partial charge on any atom is -0.482 e. The van der Waals surface area contributed by atoms with E-state index >= 15 is 0 Å². The summed E-state index contributed by atoms with van der Waals surface area (Å²) in [6, 6.07) is 13.4. The predicted molar refractivity (Wildman–Crippen MR) is 107 cm³/mol. The van der Waals surface area contributed by atoms with Crippen LogP contribution in [0.1, 0.15) is 18.5 Å². The van der Waals surface area contributed by atoms with Crippen LogP contribution in [0.5, 0.6) is 5.75 Å². The van der Waals surface area contributed by atoms with Crippen LogP contribution < -0.4 is 14.8 Å². The third-order valence-corrected chi connectivity index (χ3v) is 5.60. The summed E-state index contributed by atoms with van der Waals surface area (Å²) < 4.78 is 37.0. The van der Waals surface area contributed by atoms with Gasteiger partial charge in [-0.25, -0.2) is 13.1 Å². The number of hydrogen-bond donors (Lipinski definition) is 2. The van der Waals surface area contributed by atoms with Crippen LogP contribution in [0.3, 0.4) is 0 Å². The van der Waals surface area contributed by atoms with Crippen LogP contribution in [0.25, 0.3) is 0 Å². The van der Waals surface area contributed by atoms with Gasteiger partial charge in [0.25, 0.3) is 5.91 Å². The van der Waals surface area contributed by atoms with E-state index in [4.69, 9.17) is 21.1 Å². The molecular formula is C19H23ClN2O5S. The Hall–Kier alpha value is -2.13. The molecule has 2 N–H and O–H groups in total. The number of nitrogens with one attached hydrogen (secondary N) is 2. The highest BCUT2D eigenvalue weighted by atomic mass is 35.5. The molecule has 2 aromatic carbocycles. The van der Waals surface area contributed by atoms with Gasteiger partial charge in [0, 0.05) is 13.7 Å². The number of halogens is 1. The maximum absolute atomic E-state index is 12.2. The normalized spacial score (nSPS) is 12.4. The Morgan fingerprint density at radius 3 is 2.54 bits per heavy atom. The molecule has 0 saturated heterocycles. The van der Waals surface area contributed by atoms with E-state index in [0.717, 1.165) is 5.56 Å². The van der Waals surface area contributed by atoms with Crippen LogP contribution in [0.2, 0.25) is 5.02 Å². The zero-order valence-electron chi connectivity index (χ0n) is 15.6. The number of amides is 1. The molecule has 0 aliphatic rings. The molecule has 0 aliphatic carbocycles. The Labute approximate surface area is 170 Å². The van der Waals surface area contributed by atoms with E-state index < -0.39 is 10.0 Å². The molecule has 0 saturated carbocycles. The van der Waals surface area contributed by atoms with E-state index in [9.17, 15) is 13.2 Å². The van der Waals surface area contributed by atoms with Gasteiger partial charge in [-0.1, -0.05) is 41.9 Å². The van der Waals surface area contributed by atoms with Crippen molar-refractivity contribution in [3.63, 3.8) is 0 Å². The average molecular weight is 427 g/mol. The van der Waals surface area contributed by atoms with Crippen molar-refractivity contribution in [3.05, 3.63) is 59.1 Å². The van der Waals surface area contributed by atoms with Gasteiger partial charge in [-0.05, 0) is 30.7 Å². The smallest absolute Gasteiger partial charge is 0.258 e. The van der Waals surface area contributed by atoms with Crippen LogP contribution in [-0.2, 0) is 19.6 Å². The van der Waals surface area contributed by atoms with E-state index in [1.165, 1.54) is 25.3 Å². The Kier molecular flexibility index (Phi) is 8.25. The van der Waals surface area contributed by atoms with Crippen molar-refractivity contribution in [2.24, 2.45) is 0 Å². The fourth-order valence-electron chi connectivity index (χ4n) is 2.38. The van der Waals surface area contributed by atoms with Gasteiger partial charge in [0.15, 0.2) is 6.61 Å². The van der Waals surface area contributed by atoms with Crippen LogP contribution >= 0.6 is 11.6 Å². The Morgan fingerprint density at radius 2 is 1.89 bits per heavy atom. The maximum Gasteiger partial charge on any atom is 0.258 e. The summed E-state index contributed by atoms with van der Waals surface area (Å²) in [5.41, 5.74) is 0.976. The molecule has 2 aromatic rings. The van der Waals surface area contributed by atoms with E-state index in [0.29, 0.717) is 0 Å². The second-order valence-corrected chi connectivity index (χ2v) is 8.15. The van der Waals surface area contributed by atoms with E-state index in [2.05, 4.69) is 10.0 Å². The number of ether oxygens (including phenoxy) is 2. The second kappa shape index (κ2) is 10.4. The molecule has 7 nitrogen and oxygen atoms in total. The van der Waals surface area contributed by atoms with Gasteiger partial charge >= 0.3 is 0 Å². The summed E-state index contributed by atoms with van der Waals surface area (Å²) >= 11 is 6.11. The second-order valence-electron chi connectivity index (χ2n) is 5.97. The Balaban J connectivity index is 1.93. The summed E-state index contributed by atoms with van der Waals surface area (Å²) in [4.78, 5) is 12.1. The fraction of sp³-hybridized carbons (Fsp3) is 0.316. The molecule has 0 fully saturated rings. The first-order valence-corrected chi connectivity index (χ1v) is 10.4. The summed E-state index contributed by atoms with van der Waals surface area (Å²) in [5, 5.41) is 2.92. The monoisotopic (exact) mass is 426 g/mol. The maximum atomic E-state index is 12.2. The van der Waals surface area contributed by atoms with Crippen molar-refractivity contribution in [1.82, 2.24) is 10.0 Å². The molecule has 0 unspecified atom stereocenters. The van der Waals surface area contributed by atoms with Crippen LogP contribution in [-0.4, -0.2) is 41.2 Å². The summed E-state index contributed by atoms with van der Waals surface area (Å²) in [6.07, 6.45) is 0. The summed E-state index contributed by atoms with van der Waals surface area (Å²) in [5.74, 6) is -0.0922. The lowest BCUT2D eigenvalue weighted by Crippen LogP contribution is -2.31. The molecule has 0 spiro atoms. The highest BCUT2D eigenvalue weighted by Gasteiger charge is 2.16. The molecular weight excluding hydrogens is 404 g/mol. The molecule has 2 rings (SSSR count). The molecule has 1 amide bonds. The third-order valence-electron chi connectivity index (χ3n) is 3.85. The number of methoxy groups -OCH3 is 1. The van der Waals surface area contributed by atoms with E-state index in [-0.39, 0.29) is 47.4 Å². The van der Waals surface area contributed by atoms with Crippen molar-refractivity contribution in [2.45, 2.75) is 17.9 Å². The first-order valence-electron chi connectivity index (χ1n) is 8.58. The van der Waals surface area contributed by atoms with E-state index in [1.807, 2.05) is 37.3 Å². The first-order chi connectivity index (χ1) is 13.3. The van der Waals surface area contributed by atoms with Crippen molar-refractivity contribution in [3.8, 4) is 5.75 Å². The highest BCUT2D eigenvalue weighted by Crippen LogP contribution is 2.27. The lowest BCUT2D eigenvalue weighted by atomic mass is 10.1. The Bertz CT molecular complexity index is 890. The van der Waals surface area contributed by atoms with Crippen molar-refractivity contribution < 1.29 is 22.7 Å². The largest absolute Gasteiger partial charge is 0.482 e. The molecule has 0 bridgehead atoms. The Morgan fingerprint density at radius 1 is 1.18 bits per heavy atom. The molecule has 0 aliphatic heterocycles. The van der Waals surface area contributed by atoms with Crippen LogP contribution in [0.15, 0.2) is 53.4 Å². The molecule has 0 heterocycles. The zero-order chi connectivity index (χ0) is 20.6. The molecule has 0 aromatic heterocycles. The predicted octanol–water partition coefficient (Wildman–Crippen LogP) is 2.52. The third kappa shape index (κ3) is 6.49. The van der Waals surface area contributed by atoms with Gasteiger partial charge in [0.2, 0.25) is 10.0 Å².